The second-order valence-corrected chi connectivity index (χ2v) is 4.61. The van der Waals surface area contributed by atoms with E-state index < -0.39 is 0 Å². The van der Waals surface area contributed by atoms with Crippen LogP contribution in [0.25, 0.3) is 0 Å². The van der Waals surface area contributed by atoms with Crippen molar-refractivity contribution in [2.45, 2.75) is 53.1 Å². The van der Waals surface area contributed by atoms with Crippen LogP contribution in [-0.2, 0) is 4.79 Å². The highest BCUT2D eigenvalue weighted by atomic mass is 16.2. The molecule has 0 aromatic rings. The van der Waals surface area contributed by atoms with Crippen LogP contribution >= 0.6 is 0 Å². The zero-order valence-electron chi connectivity index (χ0n) is 9.35. The van der Waals surface area contributed by atoms with Crippen LogP contribution in [-0.4, -0.2) is 18.0 Å². The molecule has 0 radical (unpaired) electrons. The molecule has 0 aromatic heterocycles. The summed E-state index contributed by atoms with van der Waals surface area (Å²) in [4.78, 5) is 11.4. The standard InChI is InChI=1S/C10H22N2O/c1-6-8(11)9(13)12-7(2)10(3,4)5/h7-8H,6,11H2,1-5H3,(H,12,13). The van der Waals surface area contributed by atoms with Crippen molar-refractivity contribution in [3.8, 4) is 0 Å². The fourth-order valence-electron chi connectivity index (χ4n) is 0.722. The van der Waals surface area contributed by atoms with Crippen LogP contribution in [0.5, 0.6) is 0 Å². The van der Waals surface area contributed by atoms with E-state index in [1.54, 1.807) is 0 Å². The maximum atomic E-state index is 11.4. The molecule has 2 atom stereocenters. The number of carbonyl (C=O) groups excluding carboxylic acids is 1. The fourth-order valence-corrected chi connectivity index (χ4v) is 0.722. The number of carbonyl (C=O) groups is 1. The largest absolute Gasteiger partial charge is 0.352 e. The molecule has 0 saturated heterocycles. The maximum absolute atomic E-state index is 11.4. The molecule has 3 nitrogen and oxygen atoms in total. The second-order valence-electron chi connectivity index (χ2n) is 4.61. The number of nitrogens with one attached hydrogen (secondary N) is 1. The first kappa shape index (κ1) is 12.4. The molecule has 3 heteroatoms. The van der Waals surface area contributed by atoms with Gasteiger partial charge in [0, 0.05) is 6.04 Å². The van der Waals surface area contributed by atoms with Gasteiger partial charge >= 0.3 is 0 Å². The van der Waals surface area contributed by atoms with Crippen LogP contribution < -0.4 is 11.1 Å². The summed E-state index contributed by atoms with van der Waals surface area (Å²) in [5.74, 6) is -0.0510. The Kier molecular flexibility index (Phi) is 4.40. The Hall–Kier alpha value is -0.570. The molecule has 0 aliphatic rings. The van der Waals surface area contributed by atoms with Gasteiger partial charge in [0.2, 0.25) is 5.91 Å². The molecule has 0 fully saturated rings. The van der Waals surface area contributed by atoms with Gasteiger partial charge in [-0.1, -0.05) is 27.7 Å². The van der Waals surface area contributed by atoms with Crippen molar-refractivity contribution in [2.75, 3.05) is 0 Å². The van der Waals surface area contributed by atoms with Gasteiger partial charge in [-0.05, 0) is 18.8 Å². The molecule has 1 amide bonds. The SMILES string of the molecule is CCC(N)C(=O)NC(C)C(C)(C)C. The Labute approximate surface area is 81.1 Å². The van der Waals surface area contributed by atoms with Gasteiger partial charge in [0.1, 0.15) is 0 Å². The van der Waals surface area contributed by atoms with Gasteiger partial charge in [-0.3, -0.25) is 4.79 Å². The predicted molar refractivity (Wildman–Crippen MR) is 55.3 cm³/mol. The minimum Gasteiger partial charge on any atom is -0.352 e. The van der Waals surface area contributed by atoms with E-state index in [1.807, 2.05) is 13.8 Å². The molecule has 0 rings (SSSR count). The Morgan fingerprint density at radius 2 is 1.92 bits per heavy atom. The molecule has 0 aromatic carbocycles. The van der Waals surface area contributed by atoms with Gasteiger partial charge in [0.05, 0.1) is 6.04 Å². The highest BCUT2D eigenvalue weighted by Gasteiger charge is 2.23. The smallest absolute Gasteiger partial charge is 0.237 e. The van der Waals surface area contributed by atoms with Crippen molar-refractivity contribution in [1.82, 2.24) is 5.32 Å². The summed E-state index contributed by atoms with van der Waals surface area (Å²) in [6.07, 6.45) is 0.683. The van der Waals surface area contributed by atoms with Crippen LogP contribution in [0.3, 0.4) is 0 Å². The average molecular weight is 186 g/mol. The van der Waals surface area contributed by atoms with E-state index in [0.717, 1.165) is 0 Å². The van der Waals surface area contributed by atoms with Crippen molar-refractivity contribution < 1.29 is 4.79 Å². The van der Waals surface area contributed by atoms with Crippen LogP contribution in [0.4, 0.5) is 0 Å². The quantitative estimate of drug-likeness (QED) is 0.697. The second kappa shape index (κ2) is 4.61. The highest BCUT2D eigenvalue weighted by molar-refractivity contribution is 5.81. The van der Waals surface area contributed by atoms with Crippen molar-refractivity contribution >= 4 is 5.91 Å². The van der Waals surface area contributed by atoms with E-state index in [4.69, 9.17) is 5.73 Å². The van der Waals surface area contributed by atoms with E-state index in [1.165, 1.54) is 0 Å². The predicted octanol–water partition coefficient (Wildman–Crippen LogP) is 1.27. The molecule has 2 unspecified atom stereocenters. The first-order valence-electron chi connectivity index (χ1n) is 4.85. The minimum atomic E-state index is -0.371. The zero-order chi connectivity index (χ0) is 10.6. The normalized spacial score (nSPS) is 16.5. The summed E-state index contributed by atoms with van der Waals surface area (Å²) in [6, 6.07) is -0.220. The Morgan fingerprint density at radius 3 is 2.23 bits per heavy atom. The zero-order valence-corrected chi connectivity index (χ0v) is 9.35. The number of nitrogens with two attached hydrogens (primary N) is 1. The van der Waals surface area contributed by atoms with Crippen LogP contribution in [0.15, 0.2) is 0 Å². The van der Waals surface area contributed by atoms with Gasteiger partial charge in [-0.25, -0.2) is 0 Å². The van der Waals surface area contributed by atoms with Crippen molar-refractivity contribution in [1.29, 1.82) is 0 Å². The first-order valence-corrected chi connectivity index (χ1v) is 4.85. The highest BCUT2D eigenvalue weighted by Crippen LogP contribution is 2.18. The summed E-state index contributed by atoms with van der Waals surface area (Å²) in [7, 11) is 0. The van der Waals surface area contributed by atoms with Crippen molar-refractivity contribution in [3.05, 3.63) is 0 Å². The lowest BCUT2D eigenvalue weighted by atomic mass is 9.88. The molecule has 0 aliphatic heterocycles. The third-order valence-corrected chi connectivity index (χ3v) is 2.43. The summed E-state index contributed by atoms with van der Waals surface area (Å²) in [6.45, 7) is 10.2. The van der Waals surface area contributed by atoms with Gasteiger partial charge in [0.25, 0.3) is 0 Å². The van der Waals surface area contributed by atoms with E-state index in [0.29, 0.717) is 6.42 Å². The Bertz CT molecular complexity index is 172. The molecule has 0 aliphatic carbocycles. The summed E-state index contributed by atoms with van der Waals surface area (Å²) in [5, 5.41) is 2.91. The Morgan fingerprint density at radius 1 is 1.46 bits per heavy atom. The molecule has 3 N–H and O–H groups in total. The first-order chi connectivity index (χ1) is 5.79. The molecule has 0 bridgehead atoms. The topological polar surface area (TPSA) is 55.1 Å². The third-order valence-electron chi connectivity index (χ3n) is 2.43. The minimum absolute atomic E-state index is 0.0510. The molecule has 0 spiro atoms. The van der Waals surface area contributed by atoms with Gasteiger partial charge in [-0.2, -0.15) is 0 Å². The monoisotopic (exact) mass is 186 g/mol. The van der Waals surface area contributed by atoms with E-state index >= 15 is 0 Å². The van der Waals surface area contributed by atoms with Crippen LogP contribution in [0.2, 0.25) is 0 Å². The third kappa shape index (κ3) is 4.27. The Balaban J connectivity index is 4.07. The van der Waals surface area contributed by atoms with E-state index in [2.05, 4.69) is 26.1 Å². The number of rotatable bonds is 3. The van der Waals surface area contributed by atoms with Crippen LogP contribution in [0, 0.1) is 5.41 Å². The fraction of sp³-hybridized carbons (Fsp3) is 0.900. The van der Waals surface area contributed by atoms with Crippen molar-refractivity contribution in [2.24, 2.45) is 11.1 Å². The van der Waals surface area contributed by atoms with E-state index in [9.17, 15) is 4.79 Å². The molecular formula is C10H22N2O. The summed E-state index contributed by atoms with van der Waals surface area (Å²) >= 11 is 0. The van der Waals surface area contributed by atoms with Crippen LogP contribution in [0.1, 0.15) is 41.0 Å². The molecule has 0 heterocycles. The summed E-state index contributed by atoms with van der Waals surface area (Å²) in [5.41, 5.74) is 5.68. The van der Waals surface area contributed by atoms with Gasteiger partial charge in [-0.15, -0.1) is 0 Å². The van der Waals surface area contributed by atoms with E-state index in [-0.39, 0.29) is 23.4 Å². The average Bonchev–Trinajstić information content (AvgIpc) is 2.01. The summed E-state index contributed by atoms with van der Waals surface area (Å²) < 4.78 is 0. The van der Waals surface area contributed by atoms with Gasteiger partial charge < -0.3 is 11.1 Å². The lowest BCUT2D eigenvalue weighted by molar-refractivity contribution is -0.123. The molecule has 13 heavy (non-hydrogen) atoms. The van der Waals surface area contributed by atoms with Gasteiger partial charge in [0.15, 0.2) is 0 Å². The van der Waals surface area contributed by atoms with Crippen molar-refractivity contribution in [3.63, 3.8) is 0 Å². The number of hydrogen-bond acceptors (Lipinski definition) is 2. The molecule has 78 valence electrons. The molecule has 0 saturated carbocycles. The number of hydrogen-bond donors (Lipinski definition) is 2. The molecular weight excluding hydrogens is 164 g/mol. The lowest BCUT2D eigenvalue weighted by Gasteiger charge is -2.29. The maximum Gasteiger partial charge on any atom is 0.237 e. The number of amides is 1. The lowest BCUT2D eigenvalue weighted by Crippen LogP contribution is -2.48.